The predicted octanol–water partition coefficient (Wildman–Crippen LogP) is 4.00. The van der Waals surface area contributed by atoms with Gasteiger partial charge in [0, 0.05) is 28.7 Å². The third kappa shape index (κ3) is 4.02. The molecule has 26 heavy (non-hydrogen) atoms. The van der Waals surface area contributed by atoms with Crippen LogP contribution in [0.3, 0.4) is 0 Å². The Bertz CT molecular complexity index is 830. The van der Waals surface area contributed by atoms with E-state index in [1.165, 1.54) is 0 Å². The third-order valence-corrected chi connectivity index (χ3v) is 4.80. The molecule has 5 nitrogen and oxygen atoms in total. The maximum Gasteiger partial charge on any atom is 0.338 e. The monoisotopic (exact) mass is 415 g/mol. The molecule has 1 fully saturated rings. The van der Waals surface area contributed by atoms with E-state index in [0.717, 1.165) is 16.6 Å². The molecule has 0 radical (unpaired) electrons. The number of ether oxygens (including phenoxy) is 1. The van der Waals surface area contributed by atoms with Crippen molar-refractivity contribution in [3.63, 3.8) is 0 Å². The second kappa shape index (κ2) is 7.83. The van der Waals surface area contributed by atoms with Crippen LogP contribution >= 0.6 is 15.9 Å². The largest absolute Gasteiger partial charge is 0.451 e. The fourth-order valence-corrected chi connectivity index (χ4v) is 3.09. The van der Waals surface area contributed by atoms with Gasteiger partial charge >= 0.3 is 5.97 Å². The number of carbonyl (C=O) groups excluding carboxylic acids is 3. The van der Waals surface area contributed by atoms with E-state index in [1.807, 2.05) is 0 Å². The van der Waals surface area contributed by atoms with E-state index in [1.54, 1.807) is 60.4 Å². The van der Waals surface area contributed by atoms with Gasteiger partial charge in [-0.15, -0.1) is 0 Å². The van der Waals surface area contributed by atoms with Gasteiger partial charge < -0.3 is 9.64 Å². The lowest BCUT2D eigenvalue weighted by atomic mass is 10.1. The number of rotatable bonds is 5. The molecule has 0 N–H and O–H groups in total. The Balaban J connectivity index is 1.64. The minimum Gasteiger partial charge on any atom is -0.451 e. The van der Waals surface area contributed by atoms with Crippen molar-refractivity contribution in [2.75, 3.05) is 11.4 Å². The Labute approximate surface area is 160 Å². The molecule has 1 amide bonds. The lowest BCUT2D eigenvalue weighted by Gasteiger charge is -2.16. The summed E-state index contributed by atoms with van der Waals surface area (Å²) in [5.74, 6) is -0.735. The summed E-state index contributed by atoms with van der Waals surface area (Å²) >= 11 is 3.32. The second-order valence-corrected chi connectivity index (χ2v) is 7.03. The van der Waals surface area contributed by atoms with Crippen molar-refractivity contribution in [1.82, 2.24) is 0 Å². The van der Waals surface area contributed by atoms with Crippen molar-refractivity contribution in [2.45, 2.75) is 25.9 Å². The van der Waals surface area contributed by atoms with Crippen molar-refractivity contribution >= 4 is 39.3 Å². The first kappa shape index (κ1) is 18.3. The Kier molecular flexibility index (Phi) is 5.52. The Hall–Kier alpha value is -2.47. The fraction of sp³-hybridized carbons (Fsp3) is 0.250. The first-order chi connectivity index (χ1) is 12.5. The Morgan fingerprint density at radius 3 is 2.23 bits per heavy atom. The number of anilines is 1. The van der Waals surface area contributed by atoms with Crippen LogP contribution in [0.5, 0.6) is 0 Å². The summed E-state index contributed by atoms with van der Waals surface area (Å²) in [4.78, 5) is 38.1. The number of halogens is 1. The molecule has 1 atom stereocenters. The maximum absolute atomic E-state index is 12.4. The molecule has 0 aromatic heterocycles. The Morgan fingerprint density at radius 2 is 1.65 bits per heavy atom. The van der Waals surface area contributed by atoms with Gasteiger partial charge in [-0.05, 0) is 49.7 Å². The molecular weight excluding hydrogens is 398 g/mol. The summed E-state index contributed by atoms with van der Waals surface area (Å²) in [5.41, 5.74) is 1.59. The zero-order valence-corrected chi connectivity index (χ0v) is 15.9. The number of Topliss-reactive ketones (excluding diaryl/α,β-unsaturated/α-hetero) is 1. The van der Waals surface area contributed by atoms with Crippen LogP contribution < -0.4 is 4.90 Å². The van der Waals surface area contributed by atoms with E-state index in [2.05, 4.69) is 15.9 Å². The minimum absolute atomic E-state index is 0.0917. The normalized spacial score (nSPS) is 15.0. The van der Waals surface area contributed by atoms with E-state index in [0.29, 0.717) is 24.1 Å². The fourth-order valence-electron chi connectivity index (χ4n) is 2.83. The predicted molar refractivity (Wildman–Crippen MR) is 101 cm³/mol. The first-order valence-electron chi connectivity index (χ1n) is 8.37. The van der Waals surface area contributed by atoms with E-state index >= 15 is 0 Å². The van der Waals surface area contributed by atoms with Crippen LogP contribution in [-0.2, 0) is 9.53 Å². The lowest BCUT2D eigenvalue weighted by molar-refractivity contribution is -0.117. The van der Waals surface area contributed by atoms with Crippen molar-refractivity contribution < 1.29 is 19.1 Å². The van der Waals surface area contributed by atoms with Gasteiger partial charge in [0.15, 0.2) is 6.10 Å². The Morgan fingerprint density at radius 1 is 1.04 bits per heavy atom. The lowest BCUT2D eigenvalue weighted by Crippen LogP contribution is -2.25. The van der Waals surface area contributed by atoms with Crippen LogP contribution in [0.25, 0.3) is 0 Å². The quantitative estimate of drug-likeness (QED) is 0.546. The van der Waals surface area contributed by atoms with Crippen molar-refractivity contribution in [1.29, 1.82) is 0 Å². The average Bonchev–Trinajstić information content (AvgIpc) is 3.07. The highest BCUT2D eigenvalue weighted by atomic mass is 79.9. The highest BCUT2D eigenvalue weighted by Crippen LogP contribution is 2.22. The zero-order chi connectivity index (χ0) is 18.7. The molecule has 6 heteroatoms. The van der Waals surface area contributed by atoms with E-state index in [4.69, 9.17) is 4.74 Å². The molecule has 2 aromatic carbocycles. The van der Waals surface area contributed by atoms with E-state index in [9.17, 15) is 14.4 Å². The molecule has 0 aliphatic carbocycles. The number of esters is 1. The van der Waals surface area contributed by atoms with Gasteiger partial charge in [0.2, 0.25) is 11.7 Å². The number of benzene rings is 2. The van der Waals surface area contributed by atoms with Crippen LogP contribution in [0, 0.1) is 0 Å². The molecule has 0 spiro atoms. The van der Waals surface area contributed by atoms with Gasteiger partial charge in [-0.2, -0.15) is 0 Å². The maximum atomic E-state index is 12.4. The van der Waals surface area contributed by atoms with Crippen molar-refractivity contribution in [3.8, 4) is 0 Å². The third-order valence-electron chi connectivity index (χ3n) is 4.27. The number of hydrogen-bond acceptors (Lipinski definition) is 4. The number of carbonyl (C=O) groups is 3. The topological polar surface area (TPSA) is 63.7 Å². The SMILES string of the molecule is C[C@@H](OC(=O)c1ccc(N2CCCC2=O)cc1)C(=O)c1ccc(Br)cc1. The van der Waals surface area contributed by atoms with Crippen LogP contribution in [-0.4, -0.2) is 30.3 Å². The first-order valence-corrected chi connectivity index (χ1v) is 9.16. The van der Waals surface area contributed by atoms with Crippen LogP contribution in [0.15, 0.2) is 53.0 Å². The van der Waals surface area contributed by atoms with Crippen molar-refractivity contribution in [3.05, 3.63) is 64.1 Å². The van der Waals surface area contributed by atoms with E-state index in [-0.39, 0.29) is 11.7 Å². The highest BCUT2D eigenvalue weighted by molar-refractivity contribution is 9.10. The molecule has 0 unspecified atom stereocenters. The standard InChI is InChI=1S/C20H18BrNO4/c1-13(19(24)14-4-8-16(21)9-5-14)26-20(25)15-6-10-17(11-7-15)22-12-2-3-18(22)23/h4-11,13H,2-3,12H2,1H3/t13-/m1/s1. The van der Waals surface area contributed by atoms with E-state index < -0.39 is 12.1 Å². The smallest absolute Gasteiger partial charge is 0.338 e. The van der Waals surface area contributed by atoms with Crippen molar-refractivity contribution in [2.24, 2.45) is 0 Å². The molecule has 1 heterocycles. The molecule has 134 valence electrons. The van der Waals surface area contributed by atoms with Crippen LogP contribution in [0.2, 0.25) is 0 Å². The average molecular weight is 416 g/mol. The van der Waals surface area contributed by atoms with Gasteiger partial charge in [0.25, 0.3) is 0 Å². The summed E-state index contributed by atoms with van der Waals surface area (Å²) in [6.07, 6.45) is 0.515. The molecular formula is C20H18BrNO4. The molecule has 1 aliphatic rings. The van der Waals surface area contributed by atoms with Gasteiger partial charge in [-0.1, -0.05) is 28.1 Å². The highest BCUT2D eigenvalue weighted by Gasteiger charge is 2.23. The second-order valence-electron chi connectivity index (χ2n) is 6.11. The van der Waals surface area contributed by atoms with Crippen LogP contribution in [0.4, 0.5) is 5.69 Å². The molecule has 2 aromatic rings. The number of nitrogens with zero attached hydrogens (tertiary/aromatic N) is 1. The van der Waals surface area contributed by atoms with Crippen LogP contribution in [0.1, 0.15) is 40.5 Å². The number of ketones is 1. The zero-order valence-electron chi connectivity index (χ0n) is 14.3. The number of amides is 1. The summed E-state index contributed by atoms with van der Waals surface area (Å²) < 4.78 is 6.16. The summed E-state index contributed by atoms with van der Waals surface area (Å²) in [6.45, 7) is 2.25. The molecule has 3 rings (SSSR count). The molecule has 0 bridgehead atoms. The molecule has 1 saturated heterocycles. The van der Waals surface area contributed by atoms with Gasteiger partial charge in [-0.3, -0.25) is 9.59 Å². The molecule has 0 saturated carbocycles. The van der Waals surface area contributed by atoms with Gasteiger partial charge in [0.05, 0.1) is 5.56 Å². The van der Waals surface area contributed by atoms with Gasteiger partial charge in [0.1, 0.15) is 0 Å². The summed E-state index contributed by atoms with van der Waals surface area (Å²) in [6, 6.07) is 13.6. The minimum atomic E-state index is -0.886. The summed E-state index contributed by atoms with van der Waals surface area (Å²) in [5, 5.41) is 0. The number of hydrogen-bond donors (Lipinski definition) is 0. The molecule has 1 aliphatic heterocycles. The summed E-state index contributed by atoms with van der Waals surface area (Å²) in [7, 11) is 0. The van der Waals surface area contributed by atoms with Gasteiger partial charge in [-0.25, -0.2) is 4.79 Å².